The predicted molar refractivity (Wildman–Crippen MR) is 127 cm³/mol. The summed E-state index contributed by atoms with van der Waals surface area (Å²) < 4.78 is 56.9. The molecule has 11 heteroatoms. The van der Waals surface area contributed by atoms with E-state index >= 15 is 0 Å². The van der Waals surface area contributed by atoms with Crippen molar-refractivity contribution in [2.45, 2.75) is 45.3 Å². The number of halogens is 1. The van der Waals surface area contributed by atoms with E-state index in [2.05, 4.69) is 4.74 Å². The molecular weight excluding hydrogens is 479 g/mol. The first-order valence-electron chi connectivity index (χ1n) is 11.0. The zero-order valence-electron chi connectivity index (χ0n) is 19.4. The van der Waals surface area contributed by atoms with Gasteiger partial charge in [0.2, 0.25) is 10.0 Å². The van der Waals surface area contributed by atoms with Gasteiger partial charge in [-0.3, -0.25) is 4.31 Å². The molecule has 0 aliphatic heterocycles. The summed E-state index contributed by atoms with van der Waals surface area (Å²) in [4.78, 5) is 24.2. The molecule has 1 aromatic heterocycles. The van der Waals surface area contributed by atoms with E-state index in [1.807, 2.05) is 0 Å². The van der Waals surface area contributed by atoms with E-state index in [-0.39, 0.29) is 45.9 Å². The number of amides is 1. The highest BCUT2D eigenvalue weighted by atomic mass is 32.2. The first-order valence-corrected chi connectivity index (χ1v) is 12.8. The lowest BCUT2D eigenvalue weighted by Crippen LogP contribution is -2.44. The molecule has 1 fully saturated rings. The first kappa shape index (κ1) is 24.5. The third-order valence-corrected chi connectivity index (χ3v) is 6.85. The number of hydrogen-bond acceptors (Lipinski definition) is 7. The molecule has 4 rings (SSSR count). The highest BCUT2D eigenvalue weighted by Crippen LogP contribution is 2.44. The summed E-state index contributed by atoms with van der Waals surface area (Å²) in [5.41, 5.74) is 5.69. The van der Waals surface area contributed by atoms with E-state index in [4.69, 9.17) is 14.9 Å². The van der Waals surface area contributed by atoms with Crippen LogP contribution in [0, 0.1) is 5.82 Å². The van der Waals surface area contributed by atoms with Crippen molar-refractivity contribution in [2.75, 3.05) is 10.6 Å². The monoisotopic (exact) mass is 504 g/mol. The molecule has 0 radical (unpaired) electrons. The number of carbonyl (C=O) groups excluding carboxylic acids is 2. The summed E-state index contributed by atoms with van der Waals surface area (Å²) in [6.45, 7) is 3.56. The zero-order valence-corrected chi connectivity index (χ0v) is 20.2. The number of furan rings is 1. The number of fused-ring (bicyclic) bond motifs is 1. The van der Waals surface area contributed by atoms with E-state index < -0.39 is 27.9 Å². The van der Waals surface area contributed by atoms with Crippen molar-refractivity contribution in [3.05, 3.63) is 47.8 Å². The van der Waals surface area contributed by atoms with Gasteiger partial charge in [0.05, 0.1) is 18.0 Å². The maximum Gasteiger partial charge on any atom is 0.412 e. The van der Waals surface area contributed by atoms with Gasteiger partial charge < -0.3 is 19.6 Å². The van der Waals surface area contributed by atoms with Gasteiger partial charge in [0, 0.05) is 23.1 Å². The van der Waals surface area contributed by atoms with Gasteiger partial charge in [-0.05, 0) is 63.4 Å². The van der Waals surface area contributed by atoms with Crippen LogP contribution in [-0.2, 0) is 14.8 Å². The first-order chi connectivity index (χ1) is 16.5. The van der Waals surface area contributed by atoms with Gasteiger partial charge in [0.1, 0.15) is 28.5 Å². The largest absolute Gasteiger partial charge is 0.489 e. The van der Waals surface area contributed by atoms with E-state index in [0.717, 1.165) is 12.7 Å². The van der Waals surface area contributed by atoms with E-state index in [9.17, 15) is 22.4 Å². The summed E-state index contributed by atoms with van der Waals surface area (Å²) in [7, 11) is -3.68. The fourth-order valence-electron chi connectivity index (χ4n) is 4.05. The van der Waals surface area contributed by atoms with Crippen molar-refractivity contribution < 1.29 is 36.3 Å². The van der Waals surface area contributed by atoms with Gasteiger partial charge in [-0.25, -0.2) is 22.4 Å². The second kappa shape index (κ2) is 9.21. The molecule has 2 N–H and O–H groups in total. The molecule has 9 nitrogen and oxygen atoms in total. The second-order valence-electron chi connectivity index (χ2n) is 8.65. The number of rotatable bonds is 7. The van der Waals surface area contributed by atoms with Crippen molar-refractivity contribution in [3.63, 3.8) is 0 Å². The normalized spacial score (nSPS) is 14.1. The van der Waals surface area contributed by atoms with Gasteiger partial charge in [0.25, 0.3) is 0 Å². The summed E-state index contributed by atoms with van der Waals surface area (Å²) in [6, 6.07) is 7.91. The summed E-state index contributed by atoms with van der Waals surface area (Å²) in [6.07, 6.45) is 1.79. The van der Waals surface area contributed by atoms with E-state index in [1.54, 1.807) is 13.8 Å². The number of sulfonamides is 1. The molecule has 0 bridgehead atoms. The average Bonchev–Trinajstić information content (AvgIpc) is 3.07. The Morgan fingerprint density at radius 2 is 1.83 bits per heavy atom. The van der Waals surface area contributed by atoms with Crippen molar-refractivity contribution in [2.24, 2.45) is 5.73 Å². The molecule has 35 heavy (non-hydrogen) atoms. The molecule has 0 saturated heterocycles. The molecule has 1 amide bonds. The van der Waals surface area contributed by atoms with Crippen LogP contribution in [0.4, 0.5) is 14.9 Å². The van der Waals surface area contributed by atoms with Crippen molar-refractivity contribution >= 4 is 38.7 Å². The molecule has 1 aliphatic rings. The zero-order chi connectivity index (χ0) is 25.5. The van der Waals surface area contributed by atoms with Crippen LogP contribution in [0.1, 0.15) is 43.5 Å². The van der Waals surface area contributed by atoms with Crippen LogP contribution in [0.25, 0.3) is 22.3 Å². The Balaban J connectivity index is 2.00. The van der Waals surface area contributed by atoms with E-state index in [0.29, 0.717) is 18.4 Å². The molecule has 0 spiro atoms. The Kier molecular flexibility index (Phi) is 6.46. The molecule has 186 valence electrons. The highest BCUT2D eigenvalue weighted by molar-refractivity contribution is 7.92. The fraction of sp³-hybridized carbons (Fsp3) is 0.333. The maximum absolute atomic E-state index is 13.5. The molecule has 3 aromatic rings. The van der Waals surface area contributed by atoms with Gasteiger partial charge in [-0.2, -0.15) is 0 Å². The lowest BCUT2D eigenvalue weighted by Gasteiger charge is -2.38. The van der Waals surface area contributed by atoms with Crippen LogP contribution in [0.2, 0.25) is 0 Å². The molecule has 1 saturated carbocycles. The minimum Gasteiger partial charge on any atom is -0.489 e. The minimum absolute atomic E-state index is 0.00782. The standard InChI is InChI=1S/C24H25FN2O7S/c1-13(2)32-20-11-17-19(12-18(20)27(35(3,30)31)16-5-4-6-16)33-22(14-7-9-15(25)10-8-14)21(17)23(28)34-24(26)29/h7-13,16H,4-6H2,1-3H3,(H2,26,29). The number of esters is 1. The lowest BCUT2D eigenvalue weighted by atomic mass is 9.92. The topological polar surface area (TPSA) is 129 Å². The van der Waals surface area contributed by atoms with Crippen molar-refractivity contribution in [1.29, 1.82) is 0 Å². The van der Waals surface area contributed by atoms with Gasteiger partial charge in [-0.1, -0.05) is 0 Å². The van der Waals surface area contributed by atoms with Crippen molar-refractivity contribution in [3.8, 4) is 17.1 Å². The van der Waals surface area contributed by atoms with Gasteiger partial charge in [-0.15, -0.1) is 0 Å². The average molecular weight is 505 g/mol. The Labute approximate surface area is 201 Å². The third kappa shape index (κ3) is 4.95. The number of benzene rings is 2. The van der Waals surface area contributed by atoms with Crippen LogP contribution < -0.4 is 14.8 Å². The Hall–Kier alpha value is -3.60. The second-order valence-corrected chi connectivity index (χ2v) is 10.5. The molecule has 0 unspecified atom stereocenters. The van der Waals surface area contributed by atoms with Gasteiger partial charge in [0.15, 0.2) is 0 Å². The number of primary amides is 1. The SMILES string of the molecule is CC(C)Oc1cc2c(C(=O)OC(N)=O)c(-c3ccc(F)cc3)oc2cc1N(C1CCC1)S(C)(=O)=O. The quantitative estimate of drug-likeness (QED) is 0.368. The van der Waals surface area contributed by atoms with Crippen molar-refractivity contribution in [1.82, 2.24) is 0 Å². The van der Waals surface area contributed by atoms with Crippen LogP contribution >= 0.6 is 0 Å². The molecule has 2 aromatic carbocycles. The molecular formula is C24H25FN2O7S. The molecule has 0 atom stereocenters. The lowest BCUT2D eigenvalue weighted by molar-refractivity contribution is 0.0640. The van der Waals surface area contributed by atoms with Crippen LogP contribution in [-0.4, -0.2) is 38.9 Å². The summed E-state index contributed by atoms with van der Waals surface area (Å²) in [5, 5.41) is 0.219. The fourth-order valence-corrected chi connectivity index (χ4v) is 5.30. The molecule has 1 heterocycles. The Morgan fingerprint density at radius 3 is 2.34 bits per heavy atom. The third-order valence-electron chi connectivity index (χ3n) is 5.64. The number of hydrogen-bond donors (Lipinski definition) is 1. The highest BCUT2D eigenvalue weighted by Gasteiger charge is 2.35. The predicted octanol–water partition coefficient (Wildman–Crippen LogP) is 4.58. The molecule has 1 aliphatic carbocycles. The maximum atomic E-state index is 13.5. The number of ether oxygens (including phenoxy) is 2. The number of nitrogens with zero attached hydrogens (tertiary/aromatic N) is 1. The Morgan fingerprint density at radius 1 is 1.17 bits per heavy atom. The Bertz CT molecular complexity index is 1390. The number of anilines is 1. The minimum atomic E-state index is -3.68. The van der Waals surface area contributed by atoms with Gasteiger partial charge >= 0.3 is 12.1 Å². The smallest absolute Gasteiger partial charge is 0.412 e. The van der Waals surface area contributed by atoms with Crippen LogP contribution in [0.15, 0.2) is 40.8 Å². The summed E-state index contributed by atoms with van der Waals surface area (Å²) in [5.74, 6) is -1.35. The van der Waals surface area contributed by atoms with Crippen LogP contribution in [0.3, 0.4) is 0 Å². The van der Waals surface area contributed by atoms with Crippen LogP contribution in [0.5, 0.6) is 5.75 Å². The number of nitrogens with two attached hydrogens (primary N) is 1. The summed E-state index contributed by atoms with van der Waals surface area (Å²) >= 11 is 0. The van der Waals surface area contributed by atoms with E-state index in [1.165, 1.54) is 40.7 Å². The number of carbonyl (C=O) groups is 2.